The molecule has 5 heteroatoms. The van der Waals surface area contributed by atoms with E-state index in [1.165, 1.54) is 0 Å². The molecule has 1 aliphatic carbocycles. The van der Waals surface area contributed by atoms with Crippen molar-refractivity contribution in [3.8, 4) is 0 Å². The van der Waals surface area contributed by atoms with E-state index in [0.717, 1.165) is 6.92 Å². The van der Waals surface area contributed by atoms with Gasteiger partial charge in [-0.15, -0.1) is 0 Å². The molecule has 1 saturated carbocycles. The third-order valence-corrected chi connectivity index (χ3v) is 2.75. The molecule has 2 atom stereocenters. The van der Waals surface area contributed by atoms with Crippen LogP contribution < -0.4 is 0 Å². The Labute approximate surface area is 53.5 Å². The van der Waals surface area contributed by atoms with Gasteiger partial charge in [-0.2, -0.15) is 0 Å². The van der Waals surface area contributed by atoms with Gasteiger partial charge in [0.1, 0.15) is 0 Å². The summed E-state index contributed by atoms with van der Waals surface area (Å²) in [5, 5.41) is 0. The summed E-state index contributed by atoms with van der Waals surface area (Å²) in [6.45, 7) is 1.04. The topological polar surface area (TPSA) is 40.1 Å². The lowest BCUT2D eigenvalue weighted by Crippen LogP contribution is -2.19. The van der Waals surface area contributed by atoms with Crippen LogP contribution in [0.1, 0.15) is 13.3 Å². The molecule has 0 aromatic carbocycles. The van der Waals surface area contributed by atoms with Gasteiger partial charge in [0.2, 0.25) is 0 Å². The molecule has 1 fully saturated rings. The largest absolute Gasteiger partial charge is 0.772 e. The van der Waals surface area contributed by atoms with Gasteiger partial charge in [0, 0.05) is 6.42 Å². The fraction of sp³-hybridized carbons (Fsp3) is 1.00. The molecule has 0 aliphatic heterocycles. The van der Waals surface area contributed by atoms with E-state index in [1.807, 2.05) is 0 Å². The van der Waals surface area contributed by atoms with E-state index in [-0.39, 0.29) is 0 Å². The average molecular weight is 155 g/mol. The van der Waals surface area contributed by atoms with Crippen LogP contribution in [-0.4, -0.2) is 19.4 Å². The molecule has 0 radical (unpaired) electrons. The smallest absolute Gasteiger partial charge is 0.265 e. The van der Waals surface area contributed by atoms with E-state index in [0.29, 0.717) is 0 Å². The molecule has 0 saturated heterocycles. The van der Waals surface area contributed by atoms with Crippen molar-refractivity contribution in [1.29, 1.82) is 0 Å². The van der Waals surface area contributed by atoms with Crippen LogP contribution in [0.4, 0.5) is 8.78 Å². The maximum absolute atomic E-state index is 12.0. The Morgan fingerprint density at radius 2 is 2.00 bits per heavy atom. The van der Waals surface area contributed by atoms with Crippen LogP contribution in [0.5, 0.6) is 0 Å². The lowest BCUT2D eigenvalue weighted by atomic mass is 10.5. The SMILES string of the molecule is CC1(S(=O)[O-])CC1(F)F. The maximum atomic E-state index is 12.0. The van der Waals surface area contributed by atoms with E-state index >= 15 is 0 Å². The van der Waals surface area contributed by atoms with E-state index in [4.69, 9.17) is 0 Å². The highest BCUT2D eigenvalue weighted by atomic mass is 32.2. The van der Waals surface area contributed by atoms with Gasteiger partial charge in [0.15, 0.2) is 0 Å². The standard InChI is InChI=1S/C4H6F2O2S/c1-3(9(7)8)2-4(3,5)6/h2H2,1H3,(H,7,8)/p-1. The zero-order valence-electron chi connectivity index (χ0n) is 4.69. The van der Waals surface area contributed by atoms with Gasteiger partial charge in [-0.25, -0.2) is 8.78 Å². The van der Waals surface area contributed by atoms with Crippen LogP contribution in [0.2, 0.25) is 0 Å². The first-order chi connectivity index (χ1) is 3.90. The van der Waals surface area contributed by atoms with E-state index in [2.05, 4.69) is 0 Å². The van der Waals surface area contributed by atoms with Crippen LogP contribution in [0.15, 0.2) is 0 Å². The van der Waals surface area contributed by atoms with E-state index < -0.39 is 28.2 Å². The second kappa shape index (κ2) is 1.52. The molecule has 0 heterocycles. The van der Waals surface area contributed by atoms with Crippen molar-refractivity contribution in [2.45, 2.75) is 24.0 Å². The van der Waals surface area contributed by atoms with Gasteiger partial charge in [-0.3, -0.25) is 4.21 Å². The van der Waals surface area contributed by atoms with Crippen molar-refractivity contribution < 1.29 is 17.5 Å². The average Bonchev–Trinajstić information content (AvgIpc) is 2.08. The summed E-state index contributed by atoms with van der Waals surface area (Å²) in [4.78, 5) is 0. The van der Waals surface area contributed by atoms with Crippen molar-refractivity contribution in [2.75, 3.05) is 0 Å². The normalized spacial score (nSPS) is 42.2. The first-order valence-electron chi connectivity index (χ1n) is 2.37. The van der Waals surface area contributed by atoms with Gasteiger partial charge in [0.05, 0.1) is 4.75 Å². The Morgan fingerprint density at radius 3 is 2.00 bits per heavy atom. The Hall–Kier alpha value is -0.0300. The minimum atomic E-state index is -2.99. The molecule has 2 nitrogen and oxygen atoms in total. The fourth-order valence-corrected chi connectivity index (χ4v) is 1.10. The summed E-state index contributed by atoms with van der Waals surface area (Å²) in [6, 6.07) is 0. The summed E-state index contributed by atoms with van der Waals surface area (Å²) in [7, 11) is 0. The highest BCUT2D eigenvalue weighted by Gasteiger charge is 2.69. The lowest BCUT2D eigenvalue weighted by molar-refractivity contribution is 0.107. The van der Waals surface area contributed by atoms with E-state index in [1.54, 1.807) is 0 Å². The quantitative estimate of drug-likeness (QED) is 0.522. The first kappa shape index (κ1) is 7.08. The second-order valence-corrected chi connectivity index (χ2v) is 3.72. The Bertz CT molecular complexity index is 170. The number of rotatable bonds is 1. The Kier molecular flexibility index (Phi) is 1.19. The lowest BCUT2D eigenvalue weighted by Gasteiger charge is -2.12. The van der Waals surface area contributed by atoms with Crippen LogP contribution in [0, 0.1) is 0 Å². The molecule has 0 aromatic heterocycles. The summed E-state index contributed by atoms with van der Waals surface area (Å²) in [5.74, 6) is -2.99. The van der Waals surface area contributed by atoms with Gasteiger partial charge in [0.25, 0.3) is 5.92 Å². The summed E-state index contributed by atoms with van der Waals surface area (Å²) >= 11 is -2.64. The molecule has 0 spiro atoms. The molecule has 2 unspecified atom stereocenters. The maximum Gasteiger partial charge on any atom is 0.265 e. The van der Waals surface area contributed by atoms with Crippen LogP contribution in [-0.2, 0) is 11.1 Å². The third kappa shape index (κ3) is 0.789. The zero-order chi connectivity index (χ0) is 7.28. The Morgan fingerprint density at radius 1 is 1.67 bits per heavy atom. The molecular formula is C4H5F2O2S-. The van der Waals surface area contributed by atoms with Crippen molar-refractivity contribution in [2.24, 2.45) is 0 Å². The van der Waals surface area contributed by atoms with Gasteiger partial charge >= 0.3 is 0 Å². The van der Waals surface area contributed by atoms with Crippen LogP contribution in [0.3, 0.4) is 0 Å². The second-order valence-electron chi connectivity index (χ2n) is 2.35. The van der Waals surface area contributed by atoms with Crippen LogP contribution >= 0.6 is 0 Å². The number of hydrogen-bond donors (Lipinski definition) is 0. The van der Waals surface area contributed by atoms with E-state index in [9.17, 15) is 17.5 Å². The first-order valence-corrected chi connectivity index (χ1v) is 3.45. The monoisotopic (exact) mass is 155 g/mol. The predicted molar refractivity (Wildman–Crippen MR) is 26.9 cm³/mol. The fourth-order valence-electron chi connectivity index (χ4n) is 0.560. The van der Waals surface area contributed by atoms with Gasteiger partial charge < -0.3 is 4.55 Å². The molecule has 1 rings (SSSR count). The predicted octanol–water partition coefficient (Wildman–Crippen LogP) is 0.663. The van der Waals surface area contributed by atoms with Crippen molar-refractivity contribution in [3.63, 3.8) is 0 Å². The minimum Gasteiger partial charge on any atom is -0.772 e. The molecule has 0 amide bonds. The summed E-state index contributed by atoms with van der Waals surface area (Å²) < 4.78 is 42.3. The van der Waals surface area contributed by atoms with Crippen molar-refractivity contribution in [1.82, 2.24) is 0 Å². The molecule has 0 aromatic rings. The molecule has 9 heavy (non-hydrogen) atoms. The number of halogens is 2. The van der Waals surface area contributed by atoms with Crippen molar-refractivity contribution in [3.05, 3.63) is 0 Å². The summed E-state index contributed by atoms with van der Waals surface area (Å²) in [5.41, 5.74) is 0. The summed E-state index contributed by atoms with van der Waals surface area (Å²) in [6.07, 6.45) is -0.532. The third-order valence-electron chi connectivity index (χ3n) is 1.58. The van der Waals surface area contributed by atoms with Gasteiger partial charge in [-0.1, -0.05) is 0 Å². The minimum absolute atomic E-state index is 0.532. The van der Waals surface area contributed by atoms with Crippen molar-refractivity contribution >= 4 is 11.1 Å². The van der Waals surface area contributed by atoms with Gasteiger partial charge in [-0.05, 0) is 18.0 Å². The van der Waals surface area contributed by atoms with Crippen LogP contribution in [0.25, 0.3) is 0 Å². The molecule has 0 bridgehead atoms. The molecule has 0 N–H and O–H groups in total. The highest BCUT2D eigenvalue weighted by molar-refractivity contribution is 7.81. The molecule has 1 aliphatic rings. The highest BCUT2D eigenvalue weighted by Crippen LogP contribution is 2.55. The molecular weight excluding hydrogens is 150 g/mol. The Balaban J connectivity index is 2.74. The number of hydrogen-bond acceptors (Lipinski definition) is 2. The molecule has 54 valence electrons. The number of alkyl halides is 2. The zero-order valence-corrected chi connectivity index (χ0v) is 5.50.